The molecule has 3 aromatic carbocycles. The van der Waals surface area contributed by atoms with Crippen LogP contribution in [-0.2, 0) is 0 Å². The molecular formula is C25H16Br2N6O2. The molecule has 0 atom stereocenters. The normalized spacial score (nSPS) is 11.6. The van der Waals surface area contributed by atoms with Crippen molar-refractivity contribution in [2.24, 2.45) is 0 Å². The molecule has 6 aromatic rings. The van der Waals surface area contributed by atoms with Crippen LogP contribution in [0, 0.1) is 10.1 Å². The number of nitro benzene ring substituents is 1. The fourth-order valence-corrected chi connectivity index (χ4v) is 5.20. The lowest BCUT2D eigenvalue weighted by molar-refractivity contribution is -0.384. The number of rotatable bonds is 5. The van der Waals surface area contributed by atoms with Crippen molar-refractivity contribution >= 4 is 59.4 Å². The maximum absolute atomic E-state index is 11.3. The molecule has 8 nitrogen and oxygen atoms in total. The van der Waals surface area contributed by atoms with Crippen LogP contribution in [0.25, 0.3) is 27.5 Å². The first kappa shape index (κ1) is 21.8. The van der Waals surface area contributed by atoms with Gasteiger partial charge >= 0.3 is 0 Å². The van der Waals surface area contributed by atoms with E-state index in [0.29, 0.717) is 5.69 Å². The highest BCUT2D eigenvalue weighted by molar-refractivity contribution is 9.10. The highest BCUT2D eigenvalue weighted by Gasteiger charge is 2.26. The van der Waals surface area contributed by atoms with Gasteiger partial charge in [0, 0.05) is 55.3 Å². The zero-order valence-electron chi connectivity index (χ0n) is 17.9. The molecule has 35 heavy (non-hydrogen) atoms. The lowest BCUT2D eigenvalue weighted by Gasteiger charge is -2.14. The number of fused-ring (bicyclic) bond motifs is 2. The monoisotopic (exact) mass is 590 g/mol. The van der Waals surface area contributed by atoms with Gasteiger partial charge in [0.25, 0.3) is 5.69 Å². The summed E-state index contributed by atoms with van der Waals surface area (Å²) in [4.78, 5) is 17.6. The fourth-order valence-electron chi connectivity index (χ4n) is 4.48. The summed E-state index contributed by atoms with van der Waals surface area (Å²) in [6.45, 7) is 0. The Kier molecular flexibility index (Phi) is 5.27. The minimum Gasteiger partial charge on any atom is -0.361 e. The minimum absolute atomic E-state index is 0.000873. The number of non-ortho nitro benzene ring substituents is 1. The first-order chi connectivity index (χ1) is 17.0. The van der Waals surface area contributed by atoms with Crippen LogP contribution in [0.5, 0.6) is 0 Å². The van der Waals surface area contributed by atoms with E-state index < -0.39 is 4.92 Å². The maximum Gasteiger partial charge on any atom is 0.271 e. The molecule has 0 unspecified atom stereocenters. The topological polar surface area (TPSA) is 105 Å². The average molecular weight is 592 g/mol. The number of nitro groups is 1. The number of hydrogen-bond donors (Lipinski definition) is 2. The van der Waals surface area contributed by atoms with Gasteiger partial charge in [0.2, 0.25) is 0 Å². The number of halogens is 2. The Morgan fingerprint density at radius 3 is 2.11 bits per heavy atom. The van der Waals surface area contributed by atoms with E-state index in [-0.39, 0.29) is 11.6 Å². The molecule has 3 heterocycles. The van der Waals surface area contributed by atoms with E-state index in [0.717, 1.165) is 47.6 Å². The van der Waals surface area contributed by atoms with Crippen LogP contribution < -0.4 is 0 Å². The Labute approximate surface area is 215 Å². The van der Waals surface area contributed by atoms with Crippen molar-refractivity contribution in [3.05, 3.63) is 115 Å². The molecule has 2 N–H and O–H groups in total. The number of aromatic amines is 2. The van der Waals surface area contributed by atoms with Crippen LogP contribution in [0.3, 0.4) is 0 Å². The smallest absolute Gasteiger partial charge is 0.271 e. The Bertz CT molecular complexity index is 1650. The quantitative estimate of drug-likeness (QED) is 0.169. The van der Waals surface area contributed by atoms with Crippen molar-refractivity contribution in [1.29, 1.82) is 0 Å². The number of nitrogens with zero attached hydrogens (tertiary/aromatic N) is 4. The van der Waals surface area contributed by atoms with Gasteiger partial charge in [-0.15, -0.1) is 5.10 Å². The highest BCUT2D eigenvalue weighted by Crippen LogP contribution is 2.40. The molecule has 10 heteroatoms. The minimum atomic E-state index is -0.419. The van der Waals surface area contributed by atoms with Crippen LogP contribution in [-0.4, -0.2) is 29.9 Å². The first-order valence-corrected chi connectivity index (χ1v) is 12.3. The van der Waals surface area contributed by atoms with Crippen LogP contribution in [0.2, 0.25) is 0 Å². The molecule has 0 fully saturated rings. The van der Waals surface area contributed by atoms with Crippen molar-refractivity contribution in [2.45, 2.75) is 5.92 Å². The molecule has 172 valence electrons. The number of hydrogen-bond acceptors (Lipinski definition) is 4. The molecular weight excluding hydrogens is 576 g/mol. The SMILES string of the molecule is O=[N+]([O-])c1cccc(-n2cc(C(c3c[nH]c4ccc(Br)cc34)c3c[nH]c4ccc(Br)cc34)nn2)c1. The summed E-state index contributed by atoms with van der Waals surface area (Å²) >= 11 is 7.19. The summed E-state index contributed by atoms with van der Waals surface area (Å²) < 4.78 is 3.53. The number of nitrogens with one attached hydrogen (secondary N) is 2. The lowest BCUT2D eigenvalue weighted by atomic mass is 9.88. The Hall–Kier alpha value is -3.76. The predicted molar refractivity (Wildman–Crippen MR) is 141 cm³/mol. The van der Waals surface area contributed by atoms with Gasteiger partial charge in [-0.3, -0.25) is 10.1 Å². The van der Waals surface area contributed by atoms with Gasteiger partial charge in [0.15, 0.2) is 0 Å². The van der Waals surface area contributed by atoms with Crippen LogP contribution in [0.4, 0.5) is 5.69 Å². The second-order valence-electron chi connectivity index (χ2n) is 8.17. The molecule has 0 saturated carbocycles. The van der Waals surface area contributed by atoms with E-state index in [9.17, 15) is 10.1 Å². The van der Waals surface area contributed by atoms with E-state index in [1.165, 1.54) is 12.1 Å². The summed E-state index contributed by atoms with van der Waals surface area (Å²) in [5.41, 5.74) is 5.42. The van der Waals surface area contributed by atoms with Gasteiger partial charge in [-0.05, 0) is 53.6 Å². The summed E-state index contributed by atoms with van der Waals surface area (Å²) in [6.07, 6.45) is 5.84. The molecule has 0 bridgehead atoms. The summed E-state index contributed by atoms with van der Waals surface area (Å²) in [6, 6.07) is 18.6. The lowest BCUT2D eigenvalue weighted by Crippen LogP contribution is -2.03. The van der Waals surface area contributed by atoms with Crippen LogP contribution in [0.1, 0.15) is 22.7 Å². The maximum atomic E-state index is 11.3. The van der Waals surface area contributed by atoms with Crippen molar-refractivity contribution in [3.63, 3.8) is 0 Å². The Morgan fingerprint density at radius 2 is 1.51 bits per heavy atom. The number of aromatic nitrogens is 5. The van der Waals surface area contributed by atoms with Crippen molar-refractivity contribution in [3.8, 4) is 5.69 Å². The second-order valence-corrected chi connectivity index (χ2v) is 10.00. The third-order valence-corrected chi connectivity index (χ3v) is 7.07. The Balaban J connectivity index is 1.56. The van der Waals surface area contributed by atoms with E-state index in [1.54, 1.807) is 16.8 Å². The van der Waals surface area contributed by atoms with Gasteiger partial charge in [-0.25, -0.2) is 4.68 Å². The van der Waals surface area contributed by atoms with Crippen LogP contribution in [0.15, 0.2) is 88.2 Å². The zero-order valence-corrected chi connectivity index (χ0v) is 21.1. The van der Waals surface area contributed by atoms with Crippen molar-refractivity contribution < 1.29 is 4.92 Å². The van der Waals surface area contributed by atoms with E-state index in [1.807, 2.05) is 42.9 Å². The van der Waals surface area contributed by atoms with E-state index in [2.05, 4.69) is 64.3 Å². The number of H-pyrrole nitrogens is 2. The van der Waals surface area contributed by atoms with Crippen LogP contribution >= 0.6 is 31.9 Å². The zero-order chi connectivity index (χ0) is 24.1. The standard InChI is InChI=1S/C25H16Br2N6O2/c26-14-4-6-22-18(8-14)20(11-28-22)25(21-12-29-23-7-5-15(27)9-19(21)23)24-13-32(31-30-24)16-2-1-3-17(10-16)33(34)35/h1-13,25,28-29H. The third-order valence-electron chi connectivity index (χ3n) is 6.09. The molecule has 0 aliphatic heterocycles. The molecule has 0 aliphatic rings. The van der Waals surface area contributed by atoms with E-state index in [4.69, 9.17) is 0 Å². The summed E-state index contributed by atoms with van der Waals surface area (Å²) in [5, 5.41) is 22.3. The number of benzene rings is 3. The Morgan fingerprint density at radius 1 is 0.886 bits per heavy atom. The molecule has 0 amide bonds. The molecule has 0 saturated heterocycles. The van der Waals surface area contributed by atoms with Gasteiger partial charge in [0.05, 0.1) is 28.4 Å². The van der Waals surface area contributed by atoms with Crippen molar-refractivity contribution in [1.82, 2.24) is 25.0 Å². The van der Waals surface area contributed by atoms with E-state index >= 15 is 0 Å². The van der Waals surface area contributed by atoms with Crippen molar-refractivity contribution in [2.75, 3.05) is 0 Å². The molecule has 6 rings (SSSR count). The third kappa shape index (κ3) is 3.84. The summed E-state index contributed by atoms with van der Waals surface area (Å²) in [7, 11) is 0. The van der Waals surface area contributed by atoms with Gasteiger partial charge in [0.1, 0.15) is 0 Å². The summed E-state index contributed by atoms with van der Waals surface area (Å²) in [5.74, 6) is -0.242. The second kappa shape index (κ2) is 8.47. The molecule has 0 spiro atoms. The van der Waals surface area contributed by atoms with Gasteiger partial charge < -0.3 is 9.97 Å². The fraction of sp³-hybridized carbons (Fsp3) is 0.0400. The predicted octanol–water partition coefficient (Wildman–Crippen LogP) is 6.84. The van der Waals surface area contributed by atoms with Gasteiger partial charge in [-0.2, -0.15) is 0 Å². The first-order valence-electron chi connectivity index (χ1n) is 10.7. The largest absolute Gasteiger partial charge is 0.361 e. The molecule has 3 aromatic heterocycles. The average Bonchev–Trinajstić information content (AvgIpc) is 3.59. The molecule has 0 radical (unpaired) electrons. The highest BCUT2D eigenvalue weighted by atomic mass is 79.9. The van der Waals surface area contributed by atoms with Gasteiger partial charge in [-0.1, -0.05) is 43.1 Å². The molecule has 0 aliphatic carbocycles.